The molecule has 1 unspecified atom stereocenters. The van der Waals surface area contributed by atoms with Crippen LogP contribution in [-0.2, 0) is 14.8 Å². The van der Waals surface area contributed by atoms with Gasteiger partial charge in [0, 0.05) is 30.1 Å². The lowest BCUT2D eigenvalue weighted by Gasteiger charge is -2.32. The van der Waals surface area contributed by atoms with Gasteiger partial charge in [0.25, 0.3) is 0 Å². The summed E-state index contributed by atoms with van der Waals surface area (Å²) in [6.07, 6.45) is 0. The molecule has 1 heterocycles. The van der Waals surface area contributed by atoms with Gasteiger partial charge in [0.2, 0.25) is 10.0 Å². The molecule has 2 rings (SSSR count). The molecule has 1 aliphatic rings. The van der Waals surface area contributed by atoms with Gasteiger partial charge >= 0.3 is 0 Å². The van der Waals surface area contributed by atoms with Crippen molar-refractivity contribution in [3.05, 3.63) is 22.7 Å². The Morgan fingerprint density at radius 3 is 2.73 bits per heavy atom. The van der Waals surface area contributed by atoms with E-state index in [0.29, 0.717) is 30.0 Å². The summed E-state index contributed by atoms with van der Waals surface area (Å²) < 4.78 is 38.8. The van der Waals surface area contributed by atoms with E-state index >= 15 is 0 Å². The molecule has 1 N–H and O–H groups in total. The monoisotopic (exact) mass is 392 g/mol. The molecule has 0 aliphatic carbocycles. The number of sulfonamides is 1. The van der Waals surface area contributed by atoms with Gasteiger partial charge in [-0.25, -0.2) is 13.1 Å². The Morgan fingerprint density at radius 1 is 1.41 bits per heavy atom. The van der Waals surface area contributed by atoms with E-state index in [4.69, 9.17) is 9.47 Å². The van der Waals surface area contributed by atoms with Crippen LogP contribution in [-0.4, -0.2) is 59.3 Å². The molecule has 22 heavy (non-hydrogen) atoms. The van der Waals surface area contributed by atoms with E-state index in [2.05, 4.69) is 25.6 Å². The zero-order valence-corrected chi connectivity index (χ0v) is 15.1. The minimum Gasteiger partial charge on any atom is -0.495 e. The molecule has 1 aliphatic heterocycles. The molecule has 0 bridgehead atoms. The smallest absolute Gasteiger partial charge is 0.244 e. The number of methoxy groups -OCH3 is 1. The molecule has 124 valence electrons. The van der Waals surface area contributed by atoms with Crippen LogP contribution >= 0.6 is 15.9 Å². The molecule has 0 aromatic heterocycles. The minimum absolute atomic E-state index is 0.108. The first-order chi connectivity index (χ1) is 10.4. The summed E-state index contributed by atoms with van der Waals surface area (Å²) in [5, 5.41) is 0. The molecular weight excluding hydrogens is 372 g/mol. The lowest BCUT2D eigenvalue weighted by Crippen LogP contribution is -2.47. The summed E-state index contributed by atoms with van der Waals surface area (Å²) in [7, 11) is -2.17. The Balaban J connectivity index is 2.06. The summed E-state index contributed by atoms with van der Waals surface area (Å²) in [5.74, 6) is 0.328. The van der Waals surface area contributed by atoms with Crippen molar-refractivity contribution in [2.24, 2.45) is 0 Å². The van der Waals surface area contributed by atoms with E-state index < -0.39 is 10.0 Å². The number of hydrogen-bond acceptors (Lipinski definition) is 5. The predicted molar refractivity (Wildman–Crippen MR) is 87.7 cm³/mol. The van der Waals surface area contributed by atoms with Crippen molar-refractivity contribution in [2.45, 2.75) is 17.9 Å². The van der Waals surface area contributed by atoms with Gasteiger partial charge in [-0.05, 0) is 25.1 Å². The molecule has 1 aromatic carbocycles. The van der Waals surface area contributed by atoms with E-state index in [1.807, 2.05) is 6.92 Å². The Labute approximate surface area is 140 Å². The van der Waals surface area contributed by atoms with Crippen molar-refractivity contribution in [1.29, 1.82) is 0 Å². The number of morpholine rings is 1. The van der Waals surface area contributed by atoms with Crippen molar-refractivity contribution < 1.29 is 17.9 Å². The van der Waals surface area contributed by atoms with Crippen molar-refractivity contribution in [1.82, 2.24) is 9.62 Å². The lowest BCUT2D eigenvalue weighted by atomic mass is 10.2. The number of hydrogen-bond donors (Lipinski definition) is 1. The normalized spacial score (nSPS) is 18.1. The molecule has 1 saturated heterocycles. The molecule has 0 amide bonds. The van der Waals surface area contributed by atoms with E-state index in [-0.39, 0.29) is 10.9 Å². The molecule has 1 atom stereocenters. The van der Waals surface area contributed by atoms with Gasteiger partial charge in [0.1, 0.15) is 10.6 Å². The zero-order chi connectivity index (χ0) is 16.2. The van der Waals surface area contributed by atoms with Crippen LogP contribution in [0.3, 0.4) is 0 Å². The second kappa shape index (κ2) is 7.74. The van der Waals surface area contributed by atoms with E-state index in [1.165, 1.54) is 7.11 Å². The number of halogens is 1. The van der Waals surface area contributed by atoms with Gasteiger partial charge in [-0.3, -0.25) is 4.90 Å². The average Bonchev–Trinajstić information content (AvgIpc) is 2.53. The summed E-state index contributed by atoms with van der Waals surface area (Å²) in [4.78, 5) is 2.35. The van der Waals surface area contributed by atoms with Crippen molar-refractivity contribution in [3.63, 3.8) is 0 Å². The largest absolute Gasteiger partial charge is 0.495 e. The predicted octanol–water partition coefficient (Wildman–Crippen LogP) is 1.46. The third-order valence-electron chi connectivity index (χ3n) is 3.65. The Bertz CT molecular complexity index is 603. The first-order valence-electron chi connectivity index (χ1n) is 7.09. The van der Waals surface area contributed by atoms with Crippen LogP contribution in [0.2, 0.25) is 0 Å². The van der Waals surface area contributed by atoms with Gasteiger partial charge in [-0.2, -0.15) is 0 Å². The van der Waals surface area contributed by atoms with Crippen LogP contribution in [0.15, 0.2) is 27.6 Å². The van der Waals surface area contributed by atoms with Crippen LogP contribution in [0.1, 0.15) is 6.92 Å². The quantitative estimate of drug-likeness (QED) is 0.793. The molecule has 8 heteroatoms. The van der Waals surface area contributed by atoms with Crippen LogP contribution < -0.4 is 9.46 Å². The molecule has 0 radical (unpaired) electrons. The van der Waals surface area contributed by atoms with Crippen molar-refractivity contribution in [2.75, 3.05) is 40.0 Å². The summed E-state index contributed by atoms with van der Waals surface area (Å²) in [5.41, 5.74) is 0. The highest BCUT2D eigenvalue weighted by molar-refractivity contribution is 9.10. The standard InChI is InChI=1S/C14H21BrN2O4S/c1-11(17-5-7-21-8-6-17)10-16-22(18,19)14-9-12(15)3-4-13(14)20-2/h3-4,9,11,16H,5-8,10H2,1-2H3. The second-order valence-corrected chi connectivity index (χ2v) is 7.80. The SMILES string of the molecule is COc1ccc(Br)cc1S(=O)(=O)NCC(C)N1CCOCC1. The van der Waals surface area contributed by atoms with Gasteiger partial charge in [0.05, 0.1) is 20.3 Å². The fourth-order valence-electron chi connectivity index (χ4n) is 2.32. The summed E-state index contributed by atoms with van der Waals surface area (Å²) in [6, 6.07) is 5.02. The molecule has 1 aromatic rings. The molecule has 0 saturated carbocycles. The highest BCUT2D eigenvalue weighted by Crippen LogP contribution is 2.27. The first kappa shape index (κ1) is 17.7. The van der Waals surface area contributed by atoms with E-state index in [9.17, 15) is 8.42 Å². The van der Waals surface area contributed by atoms with Gasteiger partial charge < -0.3 is 9.47 Å². The van der Waals surface area contributed by atoms with E-state index in [0.717, 1.165) is 13.1 Å². The molecule has 6 nitrogen and oxygen atoms in total. The fraction of sp³-hybridized carbons (Fsp3) is 0.571. The summed E-state index contributed by atoms with van der Waals surface area (Å²) >= 11 is 3.29. The zero-order valence-electron chi connectivity index (χ0n) is 12.7. The Kier molecular flexibility index (Phi) is 6.22. The average molecular weight is 393 g/mol. The van der Waals surface area contributed by atoms with Gasteiger partial charge in [-0.15, -0.1) is 0 Å². The summed E-state index contributed by atoms with van der Waals surface area (Å²) in [6.45, 7) is 5.38. The van der Waals surface area contributed by atoms with Crippen molar-refractivity contribution in [3.8, 4) is 5.75 Å². The fourth-order valence-corrected chi connectivity index (χ4v) is 4.14. The lowest BCUT2D eigenvalue weighted by molar-refractivity contribution is 0.0213. The van der Waals surface area contributed by atoms with E-state index in [1.54, 1.807) is 18.2 Å². The molecule has 0 spiro atoms. The third kappa shape index (κ3) is 4.42. The maximum absolute atomic E-state index is 12.5. The highest BCUT2D eigenvalue weighted by Gasteiger charge is 2.23. The van der Waals surface area contributed by atoms with Crippen LogP contribution in [0.4, 0.5) is 0 Å². The minimum atomic E-state index is -3.62. The van der Waals surface area contributed by atoms with Gasteiger partial charge in [-0.1, -0.05) is 15.9 Å². The Morgan fingerprint density at radius 2 is 2.09 bits per heavy atom. The number of nitrogens with zero attached hydrogens (tertiary/aromatic N) is 1. The number of nitrogens with one attached hydrogen (secondary N) is 1. The number of benzene rings is 1. The topological polar surface area (TPSA) is 67.9 Å². The second-order valence-electron chi connectivity index (χ2n) is 5.14. The van der Waals surface area contributed by atoms with Crippen molar-refractivity contribution >= 4 is 26.0 Å². The highest BCUT2D eigenvalue weighted by atomic mass is 79.9. The molecular formula is C14H21BrN2O4S. The first-order valence-corrected chi connectivity index (χ1v) is 9.36. The van der Waals surface area contributed by atoms with Gasteiger partial charge in [0.15, 0.2) is 0 Å². The van der Waals surface area contributed by atoms with Crippen LogP contribution in [0, 0.1) is 0 Å². The maximum Gasteiger partial charge on any atom is 0.244 e. The molecule has 1 fully saturated rings. The maximum atomic E-state index is 12.5. The number of rotatable bonds is 6. The Hall–Kier alpha value is -0.670. The number of ether oxygens (including phenoxy) is 2. The third-order valence-corrected chi connectivity index (χ3v) is 5.59. The van der Waals surface area contributed by atoms with Crippen LogP contribution in [0.5, 0.6) is 5.75 Å². The van der Waals surface area contributed by atoms with Crippen LogP contribution in [0.25, 0.3) is 0 Å².